The fraction of sp³-hybridized carbons (Fsp3) is 0.250. The van der Waals surface area contributed by atoms with Crippen LogP contribution < -0.4 is 0 Å². The molecule has 26 heavy (non-hydrogen) atoms. The number of esters is 1. The molecule has 2 amide bonds. The molecule has 0 N–H and O–H groups in total. The number of imide groups is 1. The molecule has 5 nitrogen and oxygen atoms in total. The molecule has 0 saturated carbocycles. The summed E-state index contributed by atoms with van der Waals surface area (Å²) in [6.45, 7) is 3.60. The quantitative estimate of drug-likeness (QED) is 0.593. The average Bonchev–Trinajstić information content (AvgIpc) is 2.87. The van der Waals surface area contributed by atoms with Crippen molar-refractivity contribution in [3.05, 3.63) is 70.2 Å². The van der Waals surface area contributed by atoms with Gasteiger partial charge in [-0.25, -0.2) is 4.79 Å². The van der Waals surface area contributed by atoms with E-state index < -0.39 is 23.8 Å². The Morgan fingerprint density at radius 1 is 1.00 bits per heavy atom. The smallest absolute Gasteiger partial charge is 0.329 e. The number of rotatable bonds is 5. The fourth-order valence-electron chi connectivity index (χ4n) is 2.96. The van der Waals surface area contributed by atoms with Crippen LogP contribution in [0.5, 0.6) is 0 Å². The molecule has 0 aliphatic carbocycles. The molecule has 1 aliphatic rings. The molecule has 0 unspecified atom stereocenters. The van der Waals surface area contributed by atoms with Gasteiger partial charge in [0, 0.05) is 5.02 Å². The predicted octanol–water partition coefficient (Wildman–Crippen LogP) is 3.70. The summed E-state index contributed by atoms with van der Waals surface area (Å²) < 4.78 is 5.37. The number of halogens is 1. The van der Waals surface area contributed by atoms with Gasteiger partial charge in [0.1, 0.15) is 12.6 Å². The van der Waals surface area contributed by atoms with Crippen LogP contribution in [0.2, 0.25) is 5.02 Å². The molecule has 134 valence electrons. The van der Waals surface area contributed by atoms with E-state index >= 15 is 0 Å². The van der Waals surface area contributed by atoms with E-state index in [2.05, 4.69) is 0 Å². The summed E-state index contributed by atoms with van der Waals surface area (Å²) in [4.78, 5) is 39.0. The zero-order valence-corrected chi connectivity index (χ0v) is 15.2. The van der Waals surface area contributed by atoms with Crippen molar-refractivity contribution >= 4 is 29.4 Å². The minimum absolute atomic E-state index is 0.0440. The van der Waals surface area contributed by atoms with Crippen molar-refractivity contribution in [2.75, 3.05) is 0 Å². The van der Waals surface area contributed by atoms with Crippen LogP contribution in [0.15, 0.2) is 48.5 Å². The summed E-state index contributed by atoms with van der Waals surface area (Å²) >= 11 is 5.84. The van der Waals surface area contributed by atoms with Crippen LogP contribution >= 0.6 is 11.6 Å². The van der Waals surface area contributed by atoms with Crippen LogP contribution in [-0.4, -0.2) is 28.7 Å². The lowest BCUT2D eigenvalue weighted by molar-refractivity contribution is -0.151. The Bertz CT molecular complexity index is 825. The molecule has 2 aromatic rings. The summed E-state index contributed by atoms with van der Waals surface area (Å²) in [5, 5.41) is 0.589. The third kappa shape index (κ3) is 3.35. The molecule has 3 rings (SSSR count). The first kappa shape index (κ1) is 18.1. The van der Waals surface area contributed by atoms with Gasteiger partial charge < -0.3 is 4.74 Å². The molecule has 0 bridgehead atoms. The maximum absolute atomic E-state index is 12.7. The Kier molecular flexibility index (Phi) is 5.09. The highest BCUT2D eigenvalue weighted by atomic mass is 35.5. The zero-order chi connectivity index (χ0) is 18.8. The number of carbonyl (C=O) groups is 3. The lowest BCUT2D eigenvalue weighted by Crippen LogP contribution is -2.48. The Labute approximate surface area is 156 Å². The van der Waals surface area contributed by atoms with E-state index in [1.54, 1.807) is 62.4 Å². The van der Waals surface area contributed by atoms with Gasteiger partial charge in [-0.2, -0.15) is 0 Å². The van der Waals surface area contributed by atoms with Crippen LogP contribution in [0, 0.1) is 5.92 Å². The number of hydrogen-bond acceptors (Lipinski definition) is 4. The highest BCUT2D eigenvalue weighted by molar-refractivity contribution is 6.30. The number of nitrogens with zero attached hydrogens (tertiary/aromatic N) is 1. The summed E-state index contributed by atoms with van der Waals surface area (Å²) in [7, 11) is 0. The maximum Gasteiger partial charge on any atom is 0.329 e. The van der Waals surface area contributed by atoms with Gasteiger partial charge in [-0.05, 0) is 35.7 Å². The number of ether oxygens (including phenoxy) is 1. The van der Waals surface area contributed by atoms with Gasteiger partial charge >= 0.3 is 5.97 Å². The largest absolute Gasteiger partial charge is 0.459 e. The summed E-state index contributed by atoms with van der Waals surface area (Å²) in [5.41, 5.74) is 1.40. The standard InChI is InChI=1S/C20H18ClNO4/c1-12(2)17(20(25)26-11-13-7-9-14(21)10-8-13)22-18(23)15-5-3-4-6-16(15)19(22)24/h3-10,12,17H,11H2,1-2H3/t17-/m0/s1. The molecule has 0 fully saturated rings. The van der Waals surface area contributed by atoms with Crippen molar-refractivity contribution in [2.24, 2.45) is 5.92 Å². The van der Waals surface area contributed by atoms with Crippen molar-refractivity contribution < 1.29 is 19.1 Å². The molecular formula is C20H18ClNO4. The van der Waals surface area contributed by atoms with Gasteiger partial charge in [0.2, 0.25) is 0 Å². The molecule has 1 atom stereocenters. The van der Waals surface area contributed by atoms with Crippen LogP contribution in [0.1, 0.15) is 40.1 Å². The molecule has 0 aromatic heterocycles. The van der Waals surface area contributed by atoms with E-state index in [9.17, 15) is 14.4 Å². The third-order valence-electron chi connectivity index (χ3n) is 4.27. The van der Waals surface area contributed by atoms with Crippen LogP contribution in [0.3, 0.4) is 0 Å². The molecule has 6 heteroatoms. The first-order chi connectivity index (χ1) is 12.4. The maximum atomic E-state index is 12.7. The topological polar surface area (TPSA) is 63.7 Å². The third-order valence-corrected chi connectivity index (χ3v) is 4.52. The van der Waals surface area contributed by atoms with Crippen molar-refractivity contribution in [3.63, 3.8) is 0 Å². The number of amides is 2. The summed E-state index contributed by atoms with van der Waals surface area (Å²) in [6, 6.07) is 12.5. The van der Waals surface area contributed by atoms with Crippen molar-refractivity contribution in [1.82, 2.24) is 4.90 Å². The first-order valence-electron chi connectivity index (χ1n) is 8.28. The number of benzene rings is 2. The summed E-state index contributed by atoms with van der Waals surface area (Å²) in [5.74, 6) is -1.82. The van der Waals surface area contributed by atoms with Gasteiger partial charge in [0.25, 0.3) is 11.8 Å². The zero-order valence-electron chi connectivity index (χ0n) is 14.4. The second-order valence-corrected chi connectivity index (χ2v) is 6.89. The van der Waals surface area contributed by atoms with Gasteiger partial charge in [0.15, 0.2) is 0 Å². The van der Waals surface area contributed by atoms with Crippen LogP contribution in [0.25, 0.3) is 0 Å². The van der Waals surface area contributed by atoms with E-state index in [1.807, 2.05) is 0 Å². The van der Waals surface area contributed by atoms with Crippen LogP contribution in [0.4, 0.5) is 0 Å². The molecule has 0 radical (unpaired) electrons. The van der Waals surface area contributed by atoms with Crippen molar-refractivity contribution in [2.45, 2.75) is 26.5 Å². The highest BCUT2D eigenvalue weighted by Gasteiger charge is 2.44. The van der Waals surface area contributed by atoms with Crippen molar-refractivity contribution in [1.29, 1.82) is 0 Å². The minimum atomic E-state index is -0.977. The normalized spacial score (nSPS) is 14.5. The van der Waals surface area contributed by atoms with E-state index in [1.165, 1.54) is 0 Å². The van der Waals surface area contributed by atoms with Gasteiger partial charge in [0.05, 0.1) is 11.1 Å². The lowest BCUT2D eigenvalue weighted by atomic mass is 10.0. The number of fused-ring (bicyclic) bond motifs is 1. The number of carbonyl (C=O) groups excluding carboxylic acids is 3. The first-order valence-corrected chi connectivity index (χ1v) is 8.66. The Morgan fingerprint density at radius 3 is 2.04 bits per heavy atom. The monoisotopic (exact) mass is 371 g/mol. The number of hydrogen-bond donors (Lipinski definition) is 0. The Balaban J connectivity index is 1.79. The van der Waals surface area contributed by atoms with E-state index in [0.29, 0.717) is 16.1 Å². The van der Waals surface area contributed by atoms with Crippen molar-refractivity contribution in [3.8, 4) is 0 Å². The molecule has 0 spiro atoms. The van der Waals surface area contributed by atoms with E-state index in [0.717, 1.165) is 10.5 Å². The molecule has 1 heterocycles. The van der Waals surface area contributed by atoms with Gasteiger partial charge in [-0.15, -0.1) is 0 Å². The average molecular weight is 372 g/mol. The molecule has 1 aliphatic heterocycles. The predicted molar refractivity (Wildman–Crippen MR) is 96.8 cm³/mol. The van der Waals surface area contributed by atoms with E-state index in [4.69, 9.17) is 16.3 Å². The Morgan fingerprint density at radius 2 is 1.54 bits per heavy atom. The van der Waals surface area contributed by atoms with Gasteiger partial charge in [-0.3, -0.25) is 14.5 Å². The molecule has 0 saturated heterocycles. The molecule has 2 aromatic carbocycles. The Hall–Kier alpha value is -2.66. The molecular weight excluding hydrogens is 354 g/mol. The summed E-state index contributed by atoms with van der Waals surface area (Å²) in [6.07, 6.45) is 0. The van der Waals surface area contributed by atoms with E-state index in [-0.39, 0.29) is 12.5 Å². The van der Waals surface area contributed by atoms with Crippen LogP contribution in [-0.2, 0) is 16.1 Å². The SMILES string of the molecule is CC(C)[C@@H](C(=O)OCc1ccc(Cl)cc1)N1C(=O)c2ccccc2C1=O. The fourth-order valence-corrected chi connectivity index (χ4v) is 3.08. The second-order valence-electron chi connectivity index (χ2n) is 6.45. The minimum Gasteiger partial charge on any atom is -0.459 e. The lowest BCUT2D eigenvalue weighted by Gasteiger charge is -2.27. The van der Waals surface area contributed by atoms with Gasteiger partial charge in [-0.1, -0.05) is 49.7 Å². The second kappa shape index (κ2) is 7.30. The highest BCUT2D eigenvalue weighted by Crippen LogP contribution is 2.27.